The molecule has 1 atom stereocenters. The molecule has 1 heterocycles. The molecule has 1 unspecified atom stereocenters. The summed E-state index contributed by atoms with van der Waals surface area (Å²) in [6.07, 6.45) is 0.186. The number of carbonyl (C=O) groups excluding carboxylic acids is 1. The van der Waals surface area contributed by atoms with Crippen LogP contribution in [0.5, 0.6) is 0 Å². The van der Waals surface area contributed by atoms with E-state index in [1.165, 1.54) is 12.1 Å². The molecular weight excluding hydrogens is 319 g/mol. The van der Waals surface area contributed by atoms with Crippen LogP contribution in [0.25, 0.3) is 0 Å². The monoisotopic (exact) mass is 338 g/mol. The number of hydrogen-bond donors (Lipinski definition) is 1. The summed E-state index contributed by atoms with van der Waals surface area (Å²) in [5.41, 5.74) is 3.26. The lowest BCUT2D eigenvalue weighted by atomic mass is 9.98. The number of hydrogen-bond acceptors (Lipinski definition) is 3. The van der Waals surface area contributed by atoms with E-state index >= 15 is 0 Å². The highest BCUT2D eigenvalue weighted by Gasteiger charge is 2.19. The van der Waals surface area contributed by atoms with Crippen molar-refractivity contribution in [1.82, 2.24) is 10.5 Å². The standard InChI is InChI=1S/C20H19FN2O2/c1-13-18(14(2)25-23-13)12-19(24)22-20(15-6-4-3-5-7-15)16-8-10-17(21)11-9-16/h3-11,20H,12H2,1-2H3,(H,22,24). The summed E-state index contributed by atoms with van der Waals surface area (Å²) >= 11 is 0. The average Bonchev–Trinajstić information content (AvgIpc) is 2.93. The van der Waals surface area contributed by atoms with Gasteiger partial charge in [0.1, 0.15) is 11.6 Å². The zero-order valence-corrected chi connectivity index (χ0v) is 14.1. The number of carbonyl (C=O) groups is 1. The highest BCUT2D eigenvalue weighted by atomic mass is 19.1. The average molecular weight is 338 g/mol. The van der Waals surface area contributed by atoms with Gasteiger partial charge in [0, 0.05) is 5.56 Å². The summed E-state index contributed by atoms with van der Waals surface area (Å²) in [6, 6.07) is 15.4. The van der Waals surface area contributed by atoms with Crippen molar-refractivity contribution in [2.45, 2.75) is 26.3 Å². The fraction of sp³-hybridized carbons (Fsp3) is 0.200. The molecule has 2 aromatic carbocycles. The normalized spacial score (nSPS) is 12.0. The first kappa shape index (κ1) is 16.9. The van der Waals surface area contributed by atoms with Crippen molar-refractivity contribution < 1.29 is 13.7 Å². The molecule has 0 fully saturated rings. The van der Waals surface area contributed by atoms with Crippen molar-refractivity contribution >= 4 is 5.91 Å². The second-order valence-corrected chi connectivity index (χ2v) is 5.94. The topological polar surface area (TPSA) is 55.1 Å². The van der Waals surface area contributed by atoms with Gasteiger partial charge >= 0.3 is 0 Å². The maximum atomic E-state index is 13.3. The van der Waals surface area contributed by atoms with E-state index in [1.807, 2.05) is 37.3 Å². The van der Waals surface area contributed by atoms with Gasteiger partial charge in [0.15, 0.2) is 0 Å². The van der Waals surface area contributed by atoms with E-state index in [9.17, 15) is 9.18 Å². The zero-order valence-electron chi connectivity index (χ0n) is 14.1. The zero-order chi connectivity index (χ0) is 17.8. The third kappa shape index (κ3) is 3.94. The summed E-state index contributed by atoms with van der Waals surface area (Å²) in [5, 5.41) is 6.91. The Morgan fingerprint density at radius 3 is 2.32 bits per heavy atom. The van der Waals surface area contributed by atoms with Crippen LogP contribution < -0.4 is 5.32 Å². The SMILES string of the molecule is Cc1noc(C)c1CC(=O)NC(c1ccccc1)c1ccc(F)cc1. The second-order valence-electron chi connectivity index (χ2n) is 5.94. The van der Waals surface area contributed by atoms with Crippen molar-refractivity contribution in [3.63, 3.8) is 0 Å². The number of benzene rings is 2. The fourth-order valence-corrected chi connectivity index (χ4v) is 2.79. The van der Waals surface area contributed by atoms with E-state index in [-0.39, 0.29) is 24.2 Å². The van der Waals surface area contributed by atoms with E-state index in [0.29, 0.717) is 11.5 Å². The molecule has 3 rings (SSSR count). The second kappa shape index (κ2) is 7.30. The Morgan fingerprint density at radius 2 is 1.72 bits per heavy atom. The summed E-state index contributed by atoms with van der Waals surface area (Å²) < 4.78 is 18.4. The molecule has 5 heteroatoms. The third-order valence-electron chi connectivity index (χ3n) is 4.16. The van der Waals surface area contributed by atoms with Crippen LogP contribution >= 0.6 is 0 Å². The minimum atomic E-state index is -0.352. The quantitative estimate of drug-likeness (QED) is 0.768. The van der Waals surface area contributed by atoms with Gasteiger partial charge in [0.25, 0.3) is 0 Å². The van der Waals surface area contributed by atoms with Gasteiger partial charge in [-0.05, 0) is 37.1 Å². The van der Waals surface area contributed by atoms with Crippen LogP contribution in [0.3, 0.4) is 0 Å². The van der Waals surface area contributed by atoms with Crippen LogP contribution in [-0.4, -0.2) is 11.1 Å². The van der Waals surface area contributed by atoms with E-state index in [2.05, 4.69) is 10.5 Å². The van der Waals surface area contributed by atoms with Gasteiger partial charge in [0.05, 0.1) is 18.2 Å². The van der Waals surface area contributed by atoms with Crippen LogP contribution in [0.4, 0.5) is 4.39 Å². The highest BCUT2D eigenvalue weighted by molar-refractivity contribution is 5.80. The lowest BCUT2D eigenvalue weighted by molar-refractivity contribution is -0.121. The molecular formula is C20H19FN2O2. The Kier molecular flexibility index (Phi) is 4.93. The number of amides is 1. The van der Waals surface area contributed by atoms with Crippen molar-refractivity contribution in [3.05, 3.63) is 88.6 Å². The minimum Gasteiger partial charge on any atom is -0.361 e. The Bertz CT molecular complexity index is 838. The molecule has 1 N–H and O–H groups in total. The number of aromatic nitrogens is 1. The van der Waals surface area contributed by atoms with Crippen molar-refractivity contribution in [1.29, 1.82) is 0 Å². The molecule has 0 radical (unpaired) electrons. The largest absolute Gasteiger partial charge is 0.361 e. The van der Waals surface area contributed by atoms with Crippen LogP contribution in [0.15, 0.2) is 59.1 Å². The lowest BCUT2D eigenvalue weighted by Gasteiger charge is -2.20. The Hall–Kier alpha value is -2.95. The van der Waals surface area contributed by atoms with E-state index in [0.717, 1.165) is 16.7 Å². The first-order valence-corrected chi connectivity index (χ1v) is 8.06. The number of nitrogens with zero attached hydrogens (tertiary/aromatic N) is 1. The lowest BCUT2D eigenvalue weighted by Crippen LogP contribution is -2.30. The first-order chi connectivity index (χ1) is 12.0. The van der Waals surface area contributed by atoms with Crippen molar-refractivity contribution in [3.8, 4) is 0 Å². The van der Waals surface area contributed by atoms with Crippen LogP contribution in [0, 0.1) is 19.7 Å². The van der Waals surface area contributed by atoms with Gasteiger partial charge in [-0.25, -0.2) is 4.39 Å². The van der Waals surface area contributed by atoms with Gasteiger partial charge < -0.3 is 9.84 Å². The molecule has 0 bridgehead atoms. The van der Waals surface area contributed by atoms with Crippen LogP contribution in [0.2, 0.25) is 0 Å². The maximum absolute atomic E-state index is 13.3. The molecule has 3 aromatic rings. The number of aryl methyl sites for hydroxylation is 2. The molecule has 1 aromatic heterocycles. The highest BCUT2D eigenvalue weighted by Crippen LogP contribution is 2.23. The number of nitrogens with one attached hydrogen (secondary N) is 1. The molecule has 1 amide bonds. The van der Waals surface area contributed by atoms with Gasteiger partial charge in [0.2, 0.25) is 5.91 Å². The van der Waals surface area contributed by atoms with Crippen LogP contribution in [-0.2, 0) is 11.2 Å². The third-order valence-corrected chi connectivity index (χ3v) is 4.16. The van der Waals surface area contributed by atoms with Gasteiger partial charge in [-0.1, -0.05) is 47.6 Å². The smallest absolute Gasteiger partial charge is 0.225 e. The summed E-state index contributed by atoms with van der Waals surface area (Å²) in [4.78, 5) is 12.6. The Labute approximate surface area is 145 Å². The van der Waals surface area contributed by atoms with Crippen molar-refractivity contribution in [2.24, 2.45) is 0 Å². The molecule has 4 nitrogen and oxygen atoms in total. The van der Waals surface area contributed by atoms with Gasteiger partial charge in [-0.15, -0.1) is 0 Å². The fourth-order valence-electron chi connectivity index (χ4n) is 2.79. The molecule has 0 spiro atoms. The molecule has 0 aliphatic heterocycles. The minimum absolute atomic E-state index is 0.146. The predicted molar refractivity (Wildman–Crippen MR) is 92.5 cm³/mol. The van der Waals surface area contributed by atoms with E-state index < -0.39 is 0 Å². The summed E-state index contributed by atoms with van der Waals surface area (Å²) in [5.74, 6) is 0.191. The molecule has 128 valence electrons. The van der Waals surface area contributed by atoms with Crippen molar-refractivity contribution in [2.75, 3.05) is 0 Å². The first-order valence-electron chi connectivity index (χ1n) is 8.06. The Morgan fingerprint density at radius 1 is 1.08 bits per heavy atom. The number of rotatable bonds is 5. The number of halogens is 1. The maximum Gasteiger partial charge on any atom is 0.225 e. The molecule has 0 aliphatic rings. The molecule has 0 saturated heterocycles. The van der Waals surface area contributed by atoms with Gasteiger partial charge in [-0.3, -0.25) is 4.79 Å². The molecule has 25 heavy (non-hydrogen) atoms. The molecule has 0 aliphatic carbocycles. The molecule has 0 saturated carbocycles. The van der Waals surface area contributed by atoms with Gasteiger partial charge in [-0.2, -0.15) is 0 Å². The Balaban J connectivity index is 1.85. The predicted octanol–water partition coefficient (Wildman–Crippen LogP) is 3.88. The van der Waals surface area contributed by atoms with E-state index in [4.69, 9.17) is 4.52 Å². The van der Waals surface area contributed by atoms with E-state index in [1.54, 1.807) is 19.1 Å². The van der Waals surface area contributed by atoms with Crippen LogP contribution in [0.1, 0.15) is 34.2 Å². The summed E-state index contributed by atoms with van der Waals surface area (Å²) in [6.45, 7) is 3.60. The summed E-state index contributed by atoms with van der Waals surface area (Å²) in [7, 11) is 0.